The molecular formula is C15H15F2N5O2. The van der Waals surface area contributed by atoms with Gasteiger partial charge in [0.15, 0.2) is 0 Å². The Kier molecular flexibility index (Phi) is 4.24. The summed E-state index contributed by atoms with van der Waals surface area (Å²) in [7, 11) is 0. The number of nitrogens with one attached hydrogen (secondary N) is 2. The number of nitrogens with zero attached hydrogens (tertiary/aromatic N) is 3. The number of fused-ring (bicyclic) bond motifs is 1. The van der Waals surface area contributed by atoms with E-state index in [2.05, 4.69) is 20.7 Å². The zero-order chi connectivity index (χ0) is 17.2. The second-order valence-corrected chi connectivity index (χ2v) is 5.49. The Labute approximate surface area is 136 Å². The molecule has 0 radical (unpaired) electrons. The Hall–Kier alpha value is -2.84. The Morgan fingerprint density at radius 1 is 1.33 bits per heavy atom. The van der Waals surface area contributed by atoms with Gasteiger partial charge in [0.2, 0.25) is 5.91 Å². The van der Waals surface area contributed by atoms with Gasteiger partial charge in [-0.3, -0.25) is 19.3 Å². The highest BCUT2D eigenvalue weighted by molar-refractivity contribution is 5.96. The topological polar surface area (TPSA) is 88.9 Å². The largest absolute Gasteiger partial charge is 0.351 e. The number of amides is 2. The van der Waals surface area contributed by atoms with Crippen LogP contribution in [0.2, 0.25) is 0 Å². The molecule has 0 fully saturated rings. The summed E-state index contributed by atoms with van der Waals surface area (Å²) in [6.45, 7) is -0.422. The van der Waals surface area contributed by atoms with Gasteiger partial charge in [0.25, 0.3) is 11.8 Å². The molecule has 0 atom stereocenters. The quantitative estimate of drug-likeness (QED) is 0.860. The fourth-order valence-electron chi connectivity index (χ4n) is 2.49. The Balaban J connectivity index is 1.50. The second-order valence-electron chi connectivity index (χ2n) is 5.49. The SMILES string of the molecule is O=C(CCNC(=O)c1cnn2c1CC(F)(F)C2)Nc1cccnc1. The van der Waals surface area contributed by atoms with Crippen molar-refractivity contribution < 1.29 is 18.4 Å². The van der Waals surface area contributed by atoms with Crippen LogP contribution in [0.25, 0.3) is 0 Å². The van der Waals surface area contributed by atoms with Gasteiger partial charge in [-0.05, 0) is 12.1 Å². The molecule has 0 saturated carbocycles. The average molecular weight is 335 g/mol. The third kappa shape index (κ3) is 3.55. The molecule has 0 saturated heterocycles. The van der Waals surface area contributed by atoms with E-state index < -0.39 is 24.8 Å². The van der Waals surface area contributed by atoms with E-state index in [1.54, 1.807) is 18.3 Å². The predicted octanol–water partition coefficient (Wildman–Crippen LogP) is 1.23. The standard InChI is InChI=1S/C15H15F2N5O2/c16-15(17)6-12-11(8-20-22(12)9-15)14(24)19-5-3-13(23)21-10-2-1-4-18-7-10/h1-2,4,7-8H,3,5-6,9H2,(H,19,24)(H,21,23). The van der Waals surface area contributed by atoms with Crippen LogP contribution in [0, 0.1) is 0 Å². The van der Waals surface area contributed by atoms with Crippen LogP contribution in [0.3, 0.4) is 0 Å². The minimum atomic E-state index is -2.87. The average Bonchev–Trinajstić information content (AvgIpc) is 3.03. The van der Waals surface area contributed by atoms with Crippen molar-refractivity contribution in [1.29, 1.82) is 0 Å². The van der Waals surface area contributed by atoms with Gasteiger partial charge < -0.3 is 10.6 Å². The molecule has 9 heteroatoms. The second kappa shape index (κ2) is 6.34. The van der Waals surface area contributed by atoms with Crippen molar-refractivity contribution in [2.75, 3.05) is 11.9 Å². The fourth-order valence-corrected chi connectivity index (χ4v) is 2.49. The Bertz CT molecular complexity index is 760. The van der Waals surface area contributed by atoms with E-state index >= 15 is 0 Å². The zero-order valence-corrected chi connectivity index (χ0v) is 12.6. The maximum absolute atomic E-state index is 13.3. The molecule has 0 aromatic carbocycles. The number of halogens is 2. The minimum absolute atomic E-state index is 0.0558. The molecule has 3 rings (SSSR count). The lowest BCUT2D eigenvalue weighted by Gasteiger charge is -2.07. The van der Waals surface area contributed by atoms with Gasteiger partial charge in [-0.15, -0.1) is 0 Å². The Morgan fingerprint density at radius 2 is 2.17 bits per heavy atom. The summed E-state index contributed by atoms with van der Waals surface area (Å²) in [4.78, 5) is 27.7. The van der Waals surface area contributed by atoms with E-state index in [-0.39, 0.29) is 30.1 Å². The van der Waals surface area contributed by atoms with E-state index in [9.17, 15) is 18.4 Å². The lowest BCUT2D eigenvalue weighted by atomic mass is 10.1. The van der Waals surface area contributed by atoms with Crippen LogP contribution in [-0.4, -0.2) is 39.0 Å². The molecule has 2 N–H and O–H groups in total. The van der Waals surface area contributed by atoms with Crippen LogP contribution in [0.15, 0.2) is 30.7 Å². The van der Waals surface area contributed by atoms with Crippen molar-refractivity contribution in [2.24, 2.45) is 0 Å². The summed E-state index contributed by atoms with van der Waals surface area (Å²) < 4.78 is 27.8. The van der Waals surface area contributed by atoms with Gasteiger partial charge in [-0.25, -0.2) is 8.78 Å². The molecule has 2 aromatic rings. The van der Waals surface area contributed by atoms with Crippen LogP contribution in [0.5, 0.6) is 0 Å². The number of hydrogen-bond acceptors (Lipinski definition) is 4. The summed E-state index contributed by atoms with van der Waals surface area (Å²) in [6, 6.07) is 3.38. The smallest absolute Gasteiger partial charge is 0.272 e. The summed E-state index contributed by atoms with van der Waals surface area (Å²) in [5.74, 6) is -3.67. The molecule has 24 heavy (non-hydrogen) atoms. The summed E-state index contributed by atoms with van der Waals surface area (Å²) >= 11 is 0. The van der Waals surface area contributed by atoms with Gasteiger partial charge in [0.1, 0.15) is 6.54 Å². The minimum Gasteiger partial charge on any atom is -0.351 e. The van der Waals surface area contributed by atoms with Crippen LogP contribution >= 0.6 is 0 Å². The highest BCUT2D eigenvalue weighted by Crippen LogP contribution is 2.30. The van der Waals surface area contributed by atoms with Crippen LogP contribution in [-0.2, 0) is 17.8 Å². The first-order chi connectivity index (χ1) is 11.4. The summed E-state index contributed by atoms with van der Waals surface area (Å²) in [5.41, 5.74) is 0.905. The molecule has 126 valence electrons. The molecule has 3 heterocycles. The summed E-state index contributed by atoms with van der Waals surface area (Å²) in [6.07, 6.45) is 3.92. The number of aromatic nitrogens is 3. The monoisotopic (exact) mass is 335 g/mol. The third-order valence-corrected chi connectivity index (χ3v) is 3.58. The van der Waals surface area contributed by atoms with Crippen molar-refractivity contribution >= 4 is 17.5 Å². The number of pyridine rings is 1. The molecule has 7 nitrogen and oxygen atoms in total. The van der Waals surface area contributed by atoms with Crippen molar-refractivity contribution in [2.45, 2.75) is 25.3 Å². The van der Waals surface area contributed by atoms with Crippen molar-refractivity contribution in [1.82, 2.24) is 20.1 Å². The summed E-state index contributed by atoms with van der Waals surface area (Å²) in [5, 5.41) is 8.98. The van der Waals surface area contributed by atoms with Gasteiger partial charge in [-0.1, -0.05) is 0 Å². The molecule has 0 unspecified atom stereocenters. The number of rotatable bonds is 5. The molecule has 1 aliphatic rings. The first-order valence-electron chi connectivity index (χ1n) is 7.35. The van der Waals surface area contributed by atoms with Crippen LogP contribution < -0.4 is 10.6 Å². The maximum Gasteiger partial charge on any atom is 0.272 e. The first-order valence-corrected chi connectivity index (χ1v) is 7.35. The predicted molar refractivity (Wildman–Crippen MR) is 80.7 cm³/mol. The molecule has 2 amide bonds. The zero-order valence-electron chi connectivity index (χ0n) is 12.6. The number of carbonyl (C=O) groups excluding carboxylic acids is 2. The number of alkyl halides is 2. The first kappa shape index (κ1) is 16.0. The molecule has 0 aliphatic carbocycles. The van der Waals surface area contributed by atoms with E-state index in [0.717, 1.165) is 4.68 Å². The maximum atomic E-state index is 13.3. The highest BCUT2D eigenvalue weighted by Gasteiger charge is 2.40. The van der Waals surface area contributed by atoms with E-state index in [4.69, 9.17) is 0 Å². The van der Waals surface area contributed by atoms with Gasteiger partial charge >= 0.3 is 0 Å². The highest BCUT2D eigenvalue weighted by atomic mass is 19.3. The van der Waals surface area contributed by atoms with Crippen LogP contribution in [0.1, 0.15) is 22.5 Å². The van der Waals surface area contributed by atoms with Gasteiger partial charge in [0.05, 0.1) is 35.8 Å². The van der Waals surface area contributed by atoms with Crippen molar-refractivity contribution in [3.8, 4) is 0 Å². The van der Waals surface area contributed by atoms with E-state index in [1.165, 1.54) is 12.4 Å². The van der Waals surface area contributed by atoms with Gasteiger partial charge in [0, 0.05) is 19.2 Å². The number of hydrogen-bond donors (Lipinski definition) is 2. The van der Waals surface area contributed by atoms with Gasteiger partial charge in [-0.2, -0.15) is 5.10 Å². The molecule has 1 aliphatic heterocycles. The normalized spacial score (nSPS) is 14.9. The fraction of sp³-hybridized carbons (Fsp3) is 0.333. The van der Waals surface area contributed by atoms with E-state index in [1.807, 2.05) is 0 Å². The molecule has 0 spiro atoms. The Morgan fingerprint density at radius 3 is 2.92 bits per heavy atom. The molecular weight excluding hydrogens is 320 g/mol. The van der Waals surface area contributed by atoms with Crippen LogP contribution in [0.4, 0.5) is 14.5 Å². The number of anilines is 1. The molecule has 0 bridgehead atoms. The van der Waals surface area contributed by atoms with E-state index in [0.29, 0.717) is 5.69 Å². The van der Waals surface area contributed by atoms with Crippen molar-refractivity contribution in [3.63, 3.8) is 0 Å². The lowest BCUT2D eigenvalue weighted by molar-refractivity contribution is -0.116. The number of carbonyl (C=O) groups is 2. The molecule has 2 aromatic heterocycles. The lowest BCUT2D eigenvalue weighted by Crippen LogP contribution is -2.28. The third-order valence-electron chi connectivity index (χ3n) is 3.58. The van der Waals surface area contributed by atoms with Crippen molar-refractivity contribution in [3.05, 3.63) is 42.0 Å².